The van der Waals surface area contributed by atoms with Gasteiger partial charge in [-0.1, -0.05) is 60.6 Å². The van der Waals surface area contributed by atoms with E-state index >= 15 is 0 Å². The van der Waals surface area contributed by atoms with Gasteiger partial charge in [-0.05, 0) is 13.8 Å². The van der Waals surface area contributed by atoms with E-state index in [2.05, 4.69) is 44.4 Å². The third-order valence-corrected chi connectivity index (χ3v) is 4.34. The van der Waals surface area contributed by atoms with Crippen molar-refractivity contribution in [3.05, 3.63) is 41.5 Å². The van der Waals surface area contributed by atoms with Crippen LogP contribution in [0.4, 0.5) is 0 Å². The van der Waals surface area contributed by atoms with Crippen LogP contribution in [0.15, 0.2) is 33.9 Å². The molecule has 0 amide bonds. The molecule has 0 radical (unpaired) electrons. The van der Waals surface area contributed by atoms with Crippen LogP contribution < -0.4 is 0 Å². The van der Waals surface area contributed by atoms with Gasteiger partial charge < -0.3 is 4.52 Å². The monoisotopic (exact) mass is 329 g/mol. The number of thioether (sulfide) groups is 1. The van der Waals surface area contributed by atoms with Crippen molar-refractivity contribution < 1.29 is 4.52 Å². The molecule has 23 heavy (non-hydrogen) atoms. The van der Waals surface area contributed by atoms with Gasteiger partial charge in [0.05, 0.1) is 5.25 Å². The second-order valence-electron chi connectivity index (χ2n) is 5.74. The molecule has 2 aromatic heterocycles. The summed E-state index contributed by atoms with van der Waals surface area (Å²) >= 11 is 1.49. The maximum atomic E-state index is 5.32. The summed E-state index contributed by atoms with van der Waals surface area (Å²) in [5, 5.41) is 11.9. The summed E-state index contributed by atoms with van der Waals surface area (Å²) < 4.78 is 5.32. The Morgan fingerprint density at radius 1 is 1.09 bits per heavy atom. The van der Waals surface area contributed by atoms with E-state index in [1.165, 1.54) is 17.3 Å². The largest absolute Gasteiger partial charge is 0.338 e. The lowest BCUT2D eigenvalue weighted by atomic mass is 10.1. The fourth-order valence-electron chi connectivity index (χ4n) is 2.00. The van der Waals surface area contributed by atoms with Crippen LogP contribution >= 0.6 is 11.8 Å². The van der Waals surface area contributed by atoms with Crippen molar-refractivity contribution in [1.29, 1.82) is 0 Å². The van der Waals surface area contributed by atoms with Gasteiger partial charge in [0.2, 0.25) is 11.0 Å². The molecule has 0 saturated heterocycles. The zero-order valence-electron chi connectivity index (χ0n) is 13.6. The van der Waals surface area contributed by atoms with Crippen molar-refractivity contribution in [3.63, 3.8) is 0 Å². The Morgan fingerprint density at radius 2 is 1.83 bits per heavy atom. The highest BCUT2D eigenvalue weighted by Gasteiger charge is 2.19. The zero-order chi connectivity index (χ0) is 16.4. The van der Waals surface area contributed by atoms with Crippen molar-refractivity contribution in [1.82, 2.24) is 25.3 Å². The number of hydrogen-bond acceptors (Lipinski definition) is 6. The van der Waals surface area contributed by atoms with Gasteiger partial charge in [0, 0.05) is 11.5 Å². The molecular formula is C16H19N5OS. The normalized spacial score (nSPS) is 12.7. The molecule has 1 N–H and O–H groups in total. The van der Waals surface area contributed by atoms with Crippen molar-refractivity contribution in [2.45, 2.75) is 44.0 Å². The standard InChI is InChI=1S/C16H19N5OS/c1-9(2)13-17-15(22-21-13)11(4)23-16-18-14(19-20-16)12-7-5-10(3)6-8-12/h5-9,11H,1-4H3,(H,18,19,20)/t11-/m0/s1. The molecule has 7 heteroatoms. The topological polar surface area (TPSA) is 80.5 Å². The van der Waals surface area contributed by atoms with Crippen LogP contribution in [0, 0.1) is 6.92 Å². The Kier molecular flexibility index (Phi) is 4.47. The van der Waals surface area contributed by atoms with Crippen molar-refractivity contribution >= 4 is 11.8 Å². The van der Waals surface area contributed by atoms with Crippen molar-refractivity contribution in [2.75, 3.05) is 0 Å². The van der Waals surface area contributed by atoms with E-state index in [1.807, 2.05) is 32.9 Å². The number of benzene rings is 1. The number of hydrogen-bond donors (Lipinski definition) is 1. The molecule has 120 valence electrons. The Balaban J connectivity index is 1.71. The molecule has 1 aromatic carbocycles. The molecule has 0 unspecified atom stereocenters. The van der Waals surface area contributed by atoms with Gasteiger partial charge in [0.15, 0.2) is 11.6 Å². The third kappa shape index (κ3) is 3.61. The van der Waals surface area contributed by atoms with Crippen LogP contribution in [0.1, 0.15) is 49.2 Å². The molecule has 2 heterocycles. The number of aromatic nitrogens is 5. The Morgan fingerprint density at radius 3 is 2.48 bits per heavy atom. The molecular weight excluding hydrogens is 310 g/mol. The summed E-state index contributed by atoms with van der Waals surface area (Å²) in [7, 11) is 0. The predicted octanol–water partition coefficient (Wildman–Crippen LogP) is 4.14. The Hall–Kier alpha value is -2.15. The molecule has 3 rings (SSSR count). The van der Waals surface area contributed by atoms with Crippen LogP contribution in [0.5, 0.6) is 0 Å². The quantitative estimate of drug-likeness (QED) is 0.709. The molecule has 0 fully saturated rings. The molecule has 0 aliphatic heterocycles. The summed E-state index contributed by atoms with van der Waals surface area (Å²) in [6.45, 7) is 8.14. The highest BCUT2D eigenvalue weighted by Crippen LogP contribution is 2.33. The van der Waals surface area contributed by atoms with Crippen LogP contribution in [-0.2, 0) is 0 Å². The van der Waals surface area contributed by atoms with Gasteiger partial charge in [-0.3, -0.25) is 5.10 Å². The first-order chi connectivity index (χ1) is 11.0. The van der Waals surface area contributed by atoms with Gasteiger partial charge in [-0.25, -0.2) is 4.98 Å². The minimum absolute atomic E-state index is 0.00309. The number of nitrogens with zero attached hydrogens (tertiary/aromatic N) is 4. The fraction of sp³-hybridized carbons (Fsp3) is 0.375. The number of aryl methyl sites for hydroxylation is 1. The van der Waals surface area contributed by atoms with Crippen molar-refractivity contribution in [2.24, 2.45) is 0 Å². The van der Waals surface area contributed by atoms with E-state index in [4.69, 9.17) is 4.52 Å². The average molecular weight is 329 g/mol. The maximum absolute atomic E-state index is 5.32. The SMILES string of the molecule is Cc1ccc(-c2nc(S[C@@H](C)c3nc(C(C)C)no3)n[nH]2)cc1. The van der Waals surface area contributed by atoms with E-state index in [0.717, 1.165) is 17.2 Å². The predicted molar refractivity (Wildman–Crippen MR) is 89.2 cm³/mol. The van der Waals surface area contributed by atoms with E-state index in [-0.39, 0.29) is 11.2 Å². The Labute approximate surface area is 139 Å². The molecule has 0 aliphatic rings. The molecule has 0 aliphatic carbocycles. The number of H-pyrrole nitrogens is 1. The molecule has 6 nitrogen and oxygen atoms in total. The minimum atomic E-state index is -0.00309. The second-order valence-corrected chi connectivity index (χ2v) is 7.05. The summed E-state index contributed by atoms with van der Waals surface area (Å²) in [5.41, 5.74) is 2.23. The first-order valence-electron chi connectivity index (χ1n) is 7.52. The first kappa shape index (κ1) is 15.7. The lowest BCUT2D eigenvalue weighted by molar-refractivity contribution is 0.373. The van der Waals surface area contributed by atoms with Gasteiger partial charge >= 0.3 is 0 Å². The van der Waals surface area contributed by atoms with Crippen LogP contribution in [0.25, 0.3) is 11.4 Å². The molecule has 0 bridgehead atoms. The average Bonchev–Trinajstić information content (AvgIpc) is 3.17. The van der Waals surface area contributed by atoms with Crippen molar-refractivity contribution in [3.8, 4) is 11.4 Å². The third-order valence-electron chi connectivity index (χ3n) is 3.39. The van der Waals surface area contributed by atoms with Crippen LogP contribution in [0.3, 0.4) is 0 Å². The van der Waals surface area contributed by atoms with Gasteiger partial charge in [0.1, 0.15) is 0 Å². The van der Waals surface area contributed by atoms with E-state index < -0.39 is 0 Å². The molecule has 0 spiro atoms. The van der Waals surface area contributed by atoms with Gasteiger partial charge in [0.25, 0.3) is 0 Å². The van der Waals surface area contributed by atoms with E-state index in [0.29, 0.717) is 11.0 Å². The lowest BCUT2D eigenvalue weighted by Gasteiger charge is -2.01. The summed E-state index contributed by atoms with van der Waals surface area (Å²) in [5.74, 6) is 2.33. The number of aromatic amines is 1. The second kappa shape index (κ2) is 6.54. The van der Waals surface area contributed by atoms with Gasteiger partial charge in [-0.15, -0.1) is 5.10 Å². The number of rotatable bonds is 5. The van der Waals surface area contributed by atoms with E-state index in [1.54, 1.807) is 0 Å². The summed E-state index contributed by atoms with van der Waals surface area (Å²) in [4.78, 5) is 8.94. The van der Waals surface area contributed by atoms with E-state index in [9.17, 15) is 0 Å². The van der Waals surface area contributed by atoms with Crippen LogP contribution in [-0.4, -0.2) is 25.3 Å². The molecule has 3 aromatic rings. The highest BCUT2D eigenvalue weighted by molar-refractivity contribution is 7.99. The number of nitrogens with one attached hydrogen (secondary N) is 1. The molecule has 1 atom stereocenters. The zero-order valence-corrected chi connectivity index (χ0v) is 14.4. The Bertz CT molecular complexity index is 778. The molecule has 0 saturated carbocycles. The van der Waals surface area contributed by atoms with Crippen LogP contribution in [0.2, 0.25) is 0 Å². The smallest absolute Gasteiger partial charge is 0.239 e. The maximum Gasteiger partial charge on any atom is 0.239 e. The van der Waals surface area contributed by atoms with Gasteiger partial charge in [-0.2, -0.15) is 4.98 Å². The summed E-state index contributed by atoms with van der Waals surface area (Å²) in [6.07, 6.45) is 0. The lowest BCUT2D eigenvalue weighted by Crippen LogP contribution is -1.93. The minimum Gasteiger partial charge on any atom is -0.338 e. The first-order valence-corrected chi connectivity index (χ1v) is 8.40. The highest BCUT2D eigenvalue weighted by atomic mass is 32.2. The fourth-order valence-corrected chi connectivity index (χ4v) is 2.75. The summed E-state index contributed by atoms with van der Waals surface area (Å²) in [6, 6.07) is 8.17.